The van der Waals surface area contributed by atoms with Gasteiger partial charge in [0.1, 0.15) is 0 Å². The summed E-state index contributed by atoms with van der Waals surface area (Å²) in [6, 6.07) is 0. The average molecular weight is 189 g/mol. The Morgan fingerprint density at radius 2 is 2.07 bits per heavy atom. The Morgan fingerprint density at radius 1 is 1.36 bits per heavy atom. The van der Waals surface area contributed by atoms with Crippen molar-refractivity contribution in [3.05, 3.63) is 47.2 Å². The van der Waals surface area contributed by atoms with Crippen LogP contribution in [-0.4, -0.2) is 19.0 Å². The Bertz CT molecular complexity index is 340. The number of nitrogens with zero attached hydrogens (tertiary/aromatic N) is 1. The van der Waals surface area contributed by atoms with E-state index in [0.717, 1.165) is 12.8 Å². The third-order valence-electron chi connectivity index (χ3n) is 2.66. The van der Waals surface area contributed by atoms with Crippen molar-refractivity contribution in [3.63, 3.8) is 0 Å². The molecule has 1 nitrogen and oxygen atoms in total. The fraction of sp³-hybridized carbons (Fsp3) is 0.385. The van der Waals surface area contributed by atoms with Gasteiger partial charge in [-0.2, -0.15) is 0 Å². The van der Waals surface area contributed by atoms with E-state index in [1.54, 1.807) is 0 Å². The fourth-order valence-corrected chi connectivity index (χ4v) is 1.86. The molecule has 2 rings (SSSR count). The van der Waals surface area contributed by atoms with Gasteiger partial charge in [-0.25, -0.2) is 0 Å². The van der Waals surface area contributed by atoms with Gasteiger partial charge in [0.25, 0.3) is 0 Å². The Morgan fingerprint density at radius 3 is 2.71 bits per heavy atom. The molecular formula is C13H19N. The topological polar surface area (TPSA) is 3.24 Å². The van der Waals surface area contributed by atoms with E-state index in [9.17, 15) is 0 Å². The second-order valence-corrected chi connectivity index (χ2v) is 3.86. The summed E-state index contributed by atoms with van der Waals surface area (Å²) < 4.78 is 0. The van der Waals surface area contributed by atoms with E-state index in [2.05, 4.69) is 43.8 Å². The molecule has 0 aliphatic heterocycles. The Balaban J connectivity index is 0.000000980. The van der Waals surface area contributed by atoms with Crippen molar-refractivity contribution in [3.8, 4) is 0 Å². The van der Waals surface area contributed by atoms with Crippen LogP contribution in [0.2, 0.25) is 0 Å². The van der Waals surface area contributed by atoms with Crippen LogP contribution < -0.4 is 0 Å². The van der Waals surface area contributed by atoms with Crippen molar-refractivity contribution in [2.75, 3.05) is 14.1 Å². The lowest BCUT2D eigenvalue weighted by atomic mass is 9.93. The maximum Gasteiger partial charge on any atom is 0.0175 e. The van der Waals surface area contributed by atoms with E-state index in [0.29, 0.717) is 0 Å². The first-order valence-corrected chi connectivity index (χ1v) is 4.64. The van der Waals surface area contributed by atoms with Crippen molar-refractivity contribution in [2.24, 2.45) is 0 Å². The first kappa shape index (κ1) is 10.8. The van der Waals surface area contributed by atoms with Crippen LogP contribution in [0.5, 0.6) is 0 Å². The van der Waals surface area contributed by atoms with Crippen LogP contribution in [0.3, 0.4) is 0 Å². The molecule has 0 fully saturated rings. The predicted octanol–water partition coefficient (Wildman–Crippen LogP) is 3.28. The van der Waals surface area contributed by atoms with Gasteiger partial charge < -0.3 is 4.90 Å². The number of hydrogen-bond donors (Lipinski definition) is 0. The van der Waals surface area contributed by atoms with E-state index in [4.69, 9.17) is 0 Å². The molecule has 0 bridgehead atoms. The monoisotopic (exact) mass is 189 g/mol. The summed E-state index contributed by atoms with van der Waals surface area (Å²) in [6.07, 6.45) is 8.78. The van der Waals surface area contributed by atoms with Crippen molar-refractivity contribution in [1.29, 1.82) is 0 Å². The van der Waals surface area contributed by atoms with E-state index in [-0.39, 0.29) is 7.43 Å². The lowest BCUT2D eigenvalue weighted by Gasteiger charge is -2.23. The quantitative estimate of drug-likeness (QED) is 0.612. The summed E-state index contributed by atoms with van der Waals surface area (Å²) in [4.78, 5) is 2.17. The highest BCUT2D eigenvalue weighted by molar-refractivity contribution is 5.55. The van der Waals surface area contributed by atoms with E-state index < -0.39 is 0 Å². The summed E-state index contributed by atoms with van der Waals surface area (Å²) >= 11 is 0. The van der Waals surface area contributed by atoms with Gasteiger partial charge in [-0.05, 0) is 29.2 Å². The van der Waals surface area contributed by atoms with Gasteiger partial charge in [0.05, 0.1) is 0 Å². The molecule has 0 radical (unpaired) electrons. The summed E-state index contributed by atoms with van der Waals surface area (Å²) in [5.74, 6) is 0. The number of allylic oxidation sites excluding steroid dienone is 6. The molecule has 0 saturated carbocycles. The molecule has 2 aliphatic rings. The van der Waals surface area contributed by atoms with Crippen molar-refractivity contribution in [2.45, 2.75) is 20.3 Å². The van der Waals surface area contributed by atoms with Crippen molar-refractivity contribution >= 4 is 0 Å². The van der Waals surface area contributed by atoms with Gasteiger partial charge in [0, 0.05) is 26.2 Å². The summed E-state index contributed by atoms with van der Waals surface area (Å²) in [7, 11) is 4.18. The summed E-state index contributed by atoms with van der Waals surface area (Å²) in [5, 5.41) is 0. The second kappa shape index (κ2) is 3.87. The molecule has 76 valence electrons. The van der Waals surface area contributed by atoms with Gasteiger partial charge in [0.15, 0.2) is 0 Å². The summed E-state index contributed by atoms with van der Waals surface area (Å²) in [5.41, 5.74) is 5.42. The highest BCUT2D eigenvalue weighted by Crippen LogP contribution is 2.34. The molecule has 14 heavy (non-hydrogen) atoms. The lowest BCUT2D eigenvalue weighted by molar-refractivity contribution is 0.496. The largest absolute Gasteiger partial charge is 0.381 e. The molecule has 0 aromatic heterocycles. The minimum absolute atomic E-state index is 0. The zero-order chi connectivity index (χ0) is 9.42. The second-order valence-electron chi connectivity index (χ2n) is 3.86. The van der Waals surface area contributed by atoms with Gasteiger partial charge in [-0.3, -0.25) is 0 Å². The maximum atomic E-state index is 4.11. The Kier molecular flexibility index (Phi) is 3.00. The van der Waals surface area contributed by atoms with Gasteiger partial charge in [0.2, 0.25) is 0 Å². The van der Waals surface area contributed by atoms with Crippen LogP contribution in [0, 0.1) is 0 Å². The molecule has 0 amide bonds. The Hall–Kier alpha value is -1.24. The smallest absolute Gasteiger partial charge is 0.0175 e. The minimum Gasteiger partial charge on any atom is -0.381 e. The predicted molar refractivity (Wildman–Crippen MR) is 63.0 cm³/mol. The lowest BCUT2D eigenvalue weighted by Crippen LogP contribution is -2.14. The third-order valence-corrected chi connectivity index (χ3v) is 2.66. The van der Waals surface area contributed by atoms with Crippen molar-refractivity contribution in [1.82, 2.24) is 4.90 Å². The first-order chi connectivity index (χ1) is 6.18. The standard InChI is InChI=1S/C12H15N.CH4/c1-9-7-11(13(2)3)8-10-5-4-6-12(9)10;/h4,6,8H,1,5,7H2,2-3H3;1H4. The van der Waals surface area contributed by atoms with Crippen LogP contribution in [0.15, 0.2) is 47.2 Å². The van der Waals surface area contributed by atoms with Gasteiger partial charge in [-0.15, -0.1) is 0 Å². The van der Waals surface area contributed by atoms with E-state index >= 15 is 0 Å². The zero-order valence-corrected chi connectivity index (χ0v) is 8.30. The van der Waals surface area contributed by atoms with Gasteiger partial charge >= 0.3 is 0 Å². The van der Waals surface area contributed by atoms with E-state index in [1.807, 2.05) is 0 Å². The fourth-order valence-electron chi connectivity index (χ4n) is 1.86. The molecule has 0 aromatic rings. The average Bonchev–Trinajstić information content (AvgIpc) is 2.51. The normalized spacial score (nSPS) is 19.0. The molecule has 0 spiro atoms. The molecule has 0 saturated heterocycles. The molecule has 0 aromatic carbocycles. The maximum absolute atomic E-state index is 4.11. The van der Waals surface area contributed by atoms with Crippen LogP contribution in [0.25, 0.3) is 0 Å². The van der Waals surface area contributed by atoms with Crippen LogP contribution in [0.4, 0.5) is 0 Å². The van der Waals surface area contributed by atoms with Crippen molar-refractivity contribution < 1.29 is 0 Å². The Labute approximate surface area is 87.1 Å². The zero-order valence-electron chi connectivity index (χ0n) is 8.30. The molecule has 0 atom stereocenters. The SMILES string of the molecule is C.C=C1CC(N(C)C)=CC2=C1C=CC2. The van der Waals surface area contributed by atoms with Crippen LogP contribution >= 0.6 is 0 Å². The molecule has 2 aliphatic carbocycles. The first-order valence-electron chi connectivity index (χ1n) is 4.64. The molecule has 0 N–H and O–H groups in total. The van der Waals surface area contributed by atoms with E-state index in [1.165, 1.54) is 22.4 Å². The van der Waals surface area contributed by atoms with Gasteiger partial charge in [-0.1, -0.05) is 26.2 Å². The number of hydrogen-bond acceptors (Lipinski definition) is 1. The van der Waals surface area contributed by atoms with Crippen LogP contribution in [-0.2, 0) is 0 Å². The highest BCUT2D eigenvalue weighted by atomic mass is 15.1. The molecular weight excluding hydrogens is 170 g/mol. The number of rotatable bonds is 1. The molecule has 0 heterocycles. The highest BCUT2D eigenvalue weighted by Gasteiger charge is 2.17. The third kappa shape index (κ3) is 1.67. The molecule has 1 heteroatoms. The minimum atomic E-state index is 0. The summed E-state index contributed by atoms with van der Waals surface area (Å²) in [6.45, 7) is 4.11. The molecule has 0 unspecified atom stereocenters. The van der Waals surface area contributed by atoms with Crippen LogP contribution in [0.1, 0.15) is 20.3 Å².